The number of nitrogens with zero attached hydrogens (tertiary/aromatic N) is 1. The molecule has 1 saturated carbocycles. The Morgan fingerprint density at radius 2 is 2.18 bits per heavy atom. The topological polar surface area (TPSA) is 41.6 Å². The number of nitrogens with one attached hydrogen (secondary N) is 1. The highest BCUT2D eigenvalue weighted by Crippen LogP contribution is 2.37. The Morgan fingerprint density at radius 1 is 1.53 bits per heavy atom. The van der Waals surface area contributed by atoms with Gasteiger partial charge in [-0.2, -0.15) is 0 Å². The van der Waals surface area contributed by atoms with Gasteiger partial charge in [0.2, 0.25) is 5.91 Å². The lowest BCUT2D eigenvalue weighted by Gasteiger charge is -2.43. The van der Waals surface area contributed by atoms with Crippen molar-refractivity contribution in [3.8, 4) is 0 Å². The van der Waals surface area contributed by atoms with Crippen LogP contribution in [-0.4, -0.2) is 41.8 Å². The zero-order valence-electron chi connectivity index (χ0n) is 11.4. The molecule has 0 radical (unpaired) electrons. The Balaban J connectivity index is 2.09. The van der Waals surface area contributed by atoms with Gasteiger partial charge in [-0.15, -0.1) is 0 Å². The fourth-order valence-corrected chi connectivity index (χ4v) is 2.86. The number of amides is 1. The Kier molecular flexibility index (Phi) is 3.21. The summed E-state index contributed by atoms with van der Waals surface area (Å²) >= 11 is 0. The van der Waals surface area contributed by atoms with Gasteiger partial charge in [0.1, 0.15) is 0 Å². The molecule has 0 spiro atoms. The third-order valence-electron chi connectivity index (χ3n) is 4.59. The molecule has 2 atom stereocenters. The van der Waals surface area contributed by atoms with Crippen LogP contribution in [0.3, 0.4) is 0 Å². The van der Waals surface area contributed by atoms with E-state index in [-0.39, 0.29) is 17.7 Å². The lowest BCUT2D eigenvalue weighted by atomic mass is 9.79. The quantitative estimate of drug-likeness (QED) is 0.809. The smallest absolute Gasteiger partial charge is 0.243 e. The van der Waals surface area contributed by atoms with E-state index < -0.39 is 5.54 Å². The molecule has 0 bridgehead atoms. The van der Waals surface area contributed by atoms with Gasteiger partial charge in [0.15, 0.2) is 0 Å². The van der Waals surface area contributed by atoms with Crippen molar-refractivity contribution in [3.05, 3.63) is 0 Å². The van der Waals surface area contributed by atoms with Gasteiger partial charge in [0.25, 0.3) is 0 Å². The van der Waals surface area contributed by atoms with Crippen molar-refractivity contribution in [1.82, 2.24) is 10.2 Å². The molecule has 1 aliphatic heterocycles. The van der Waals surface area contributed by atoms with Crippen LogP contribution in [0.5, 0.6) is 0 Å². The molecule has 1 N–H and O–H groups in total. The van der Waals surface area contributed by atoms with Gasteiger partial charge in [-0.1, -0.05) is 6.92 Å². The lowest BCUT2D eigenvalue weighted by molar-refractivity contribution is -0.142. The largest absolute Gasteiger partial charge is 0.376 e. The summed E-state index contributed by atoms with van der Waals surface area (Å²) in [5, 5.41) is 3.40. The molecular formula is C13H24N2O2. The van der Waals surface area contributed by atoms with E-state index in [1.54, 1.807) is 7.11 Å². The van der Waals surface area contributed by atoms with Crippen LogP contribution >= 0.6 is 0 Å². The van der Waals surface area contributed by atoms with E-state index in [9.17, 15) is 4.79 Å². The van der Waals surface area contributed by atoms with Crippen LogP contribution < -0.4 is 5.32 Å². The molecule has 1 aliphatic carbocycles. The fraction of sp³-hybridized carbons (Fsp3) is 0.923. The second-order valence-electron chi connectivity index (χ2n) is 5.68. The molecule has 2 fully saturated rings. The van der Waals surface area contributed by atoms with Gasteiger partial charge in [-0.25, -0.2) is 0 Å². The van der Waals surface area contributed by atoms with Gasteiger partial charge in [0, 0.05) is 7.11 Å². The van der Waals surface area contributed by atoms with E-state index >= 15 is 0 Å². The summed E-state index contributed by atoms with van der Waals surface area (Å²) in [4.78, 5) is 14.4. The van der Waals surface area contributed by atoms with Crippen LogP contribution in [0, 0.1) is 0 Å². The van der Waals surface area contributed by atoms with Crippen LogP contribution in [0.25, 0.3) is 0 Å². The maximum Gasteiger partial charge on any atom is 0.243 e. The minimum Gasteiger partial charge on any atom is -0.376 e. The summed E-state index contributed by atoms with van der Waals surface area (Å²) in [7, 11) is 1.76. The number of methoxy groups -OCH3 is 1. The molecule has 1 saturated heterocycles. The number of carbonyl (C=O) groups excluding carboxylic acids is 1. The molecule has 2 rings (SSSR count). The van der Waals surface area contributed by atoms with Gasteiger partial charge in [-0.05, 0) is 39.5 Å². The van der Waals surface area contributed by atoms with E-state index in [4.69, 9.17) is 4.74 Å². The van der Waals surface area contributed by atoms with Crippen molar-refractivity contribution in [2.24, 2.45) is 0 Å². The molecule has 17 heavy (non-hydrogen) atoms. The highest BCUT2D eigenvalue weighted by atomic mass is 16.5. The molecular weight excluding hydrogens is 216 g/mol. The summed E-state index contributed by atoms with van der Waals surface area (Å²) in [5.74, 6) is 0.218. The van der Waals surface area contributed by atoms with Crippen molar-refractivity contribution in [2.45, 2.75) is 63.8 Å². The van der Waals surface area contributed by atoms with Crippen molar-refractivity contribution >= 4 is 5.91 Å². The molecule has 98 valence electrons. The third-order valence-corrected chi connectivity index (χ3v) is 4.59. The van der Waals surface area contributed by atoms with Gasteiger partial charge >= 0.3 is 0 Å². The van der Waals surface area contributed by atoms with Crippen molar-refractivity contribution < 1.29 is 9.53 Å². The SMILES string of the molecule is CCC1(C)NC(C)N(CC2(OC)CCC2)C1=O. The van der Waals surface area contributed by atoms with E-state index in [2.05, 4.69) is 19.2 Å². The van der Waals surface area contributed by atoms with Crippen LogP contribution in [0.2, 0.25) is 0 Å². The maximum absolute atomic E-state index is 12.4. The normalized spacial score (nSPS) is 36.1. The first-order chi connectivity index (χ1) is 7.96. The molecule has 0 aromatic heterocycles. The molecule has 0 aromatic rings. The second kappa shape index (κ2) is 4.25. The average Bonchev–Trinajstić information content (AvgIpc) is 2.47. The monoisotopic (exact) mass is 240 g/mol. The summed E-state index contributed by atoms with van der Waals surface area (Å²) in [6.07, 6.45) is 4.29. The summed E-state index contributed by atoms with van der Waals surface area (Å²) < 4.78 is 5.61. The minimum atomic E-state index is -0.391. The predicted molar refractivity (Wildman–Crippen MR) is 66.6 cm³/mol. The lowest BCUT2D eigenvalue weighted by Crippen LogP contribution is -2.52. The third kappa shape index (κ3) is 1.97. The van der Waals surface area contributed by atoms with Crippen LogP contribution in [0.4, 0.5) is 0 Å². The average molecular weight is 240 g/mol. The van der Waals surface area contributed by atoms with Gasteiger partial charge in [-0.3, -0.25) is 10.1 Å². The van der Waals surface area contributed by atoms with Crippen molar-refractivity contribution in [1.29, 1.82) is 0 Å². The van der Waals surface area contributed by atoms with Crippen LogP contribution in [0.1, 0.15) is 46.5 Å². The molecule has 2 unspecified atom stereocenters. The molecule has 1 amide bonds. The molecule has 2 aliphatic rings. The number of carbonyl (C=O) groups is 1. The highest BCUT2D eigenvalue weighted by Gasteiger charge is 2.49. The van der Waals surface area contributed by atoms with E-state index in [1.807, 2.05) is 11.8 Å². The number of ether oxygens (including phenoxy) is 1. The number of rotatable bonds is 4. The van der Waals surface area contributed by atoms with E-state index in [1.165, 1.54) is 6.42 Å². The Morgan fingerprint density at radius 3 is 2.53 bits per heavy atom. The number of hydrogen-bond acceptors (Lipinski definition) is 3. The Labute approximate surface area is 104 Å². The van der Waals surface area contributed by atoms with Crippen LogP contribution in [-0.2, 0) is 9.53 Å². The molecule has 1 heterocycles. The maximum atomic E-state index is 12.4. The van der Waals surface area contributed by atoms with E-state index in [0.717, 1.165) is 25.8 Å². The zero-order chi connectivity index (χ0) is 12.7. The highest BCUT2D eigenvalue weighted by molar-refractivity contribution is 5.88. The minimum absolute atomic E-state index is 0.0788. The van der Waals surface area contributed by atoms with Gasteiger partial charge < -0.3 is 9.64 Å². The molecule has 4 heteroatoms. The molecule has 4 nitrogen and oxygen atoms in total. The second-order valence-corrected chi connectivity index (χ2v) is 5.68. The first-order valence-electron chi connectivity index (χ1n) is 6.60. The zero-order valence-corrected chi connectivity index (χ0v) is 11.4. The van der Waals surface area contributed by atoms with Gasteiger partial charge in [0.05, 0.1) is 23.9 Å². The van der Waals surface area contributed by atoms with Crippen LogP contribution in [0.15, 0.2) is 0 Å². The summed E-state index contributed by atoms with van der Waals surface area (Å²) in [5.41, 5.74) is -0.470. The standard InChI is InChI=1S/C13H24N2O2/c1-5-12(3)11(16)15(10(2)14-12)9-13(17-4)7-6-8-13/h10,14H,5-9H2,1-4H3. The molecule has 0 aromatic carbocycles. The first-order valence-corrected chi connectivity index (χ1v) is 6.60. The Bertz CT molecular complexity index is 309. The summed E-state index contributed by atoms with van der Waals surface area (Å²) in [6.45, 7) is 6.83. The Hall–Kier alpha value is -0.610. The summed E-state index contributed by atoms with van der Waals surface area (Å²) in [6, 6.07) is 0. The number of hydrogen-bond donors (Lipinski definition) is 1. The first kappa shape index (κ1) is 12.8. The fourth-order valence-electron chi connectivity index (χ4n) is 2.86. The van der Waals surface area contributed by atoms with Crippen molar-refractivity contribution in [3.63, 3.8) is 0 Å². The van der Waals surface area contributed by atoms with E-state index in [0.29, 0.717) is 0 Å². The van der Waals surface area contributed by atoms with Crippen molar-refractivity contribution in [2.75, 3.05) is 13.7 Å². The predicted octanol–water partition coefficient (Wildman–Crippen LogP) is 1.50.